The van der Waals surface area contributed by atoms with Crippen LogP contribution in [0.1, 0.15) is 19.8 Å². The molecule has 1 aliphatic rings. The van der Waals surface area contributed by atoms with Gasteiger partial charge in [0.05, 0.1) is 20.3 Å². The van der Waals surface area contributed by atoms with E-state index in [0.717, 1.165) is 19.4 Å². The molecule has 76 valence electrons. The van der Waals surface area contributed by atoms with Gasteiger partial charge in [-0.25, -0.2) is 4.79 Å². The van der Waals surface area contributed by atoms with Crippen LogP contribution in [-0.2, 0) is 14.3 Å². The van der Waals surface area contributed by atoms with Crippen LogP contribution in [0.5, 0.6) is 0 Å². The first-order valence-corrected chi connectivity index (χ1v) is 4.66. The SMILES string of the molecule is CCCC1(C(=O)OC)COCCN1. The Morgan fingerprint density at radius 3 is 2.92 bits per heavy atom. The smallest absolute Gasteiger partial charge is 0.328 e. The van der Waals surface area contributed by atoms with Crippen LogP contribution >= 0.6 is 0 Å². The molecule has 1 rings (SSSR count). The van der Waals surface area contributed by atoms with Gasteiger partial charge in [-0.2, -0.15) is 0 Å². The van der Waals surface area contributed by atoms with E-state index in [2.05, 4.69) is 5.32 Å². The summed E-state index contributed by atoms with van der Waals surface area (Å²) in [4.78, 5) is 11.5. The molecule has 1 aliphatic heterocycles. The number of ether oxygens (including phenoxy) is 2. The maximum atomic E-state index is 11.5. The van der Waals surface area contributed by atoms with Gasteiger partial charge in [-0.3, -0.25) is 5.32 Å². The van der Waals surface area contributed by atoms with Crippen LogP contribution in [-0.4, -0.2) is 38.4 Å². The molecule has 0 radical (unpaired) electrons. The molecule has 4 heteroatoms. The fourth-order valence-electron chi connectivity index (χ4n) is 1.68. The van der Waals surface area contributed by atoms with Crippen molar-refractivity contribution >= 4 is 5.97 Å². The third-order valence-corrected chi connectivity index (χ3v) is 2.31. The van der Waals surface area contributed by atoms with Crippen molar-refractivity contribution in [2.24, 2.45) is 0 Å². The second kappa shape index (κ2) is 4.58. The lowest BCUT2D eigenvalue weighted by Gasteiger charge is -2.35. The molecule has 1 fully saturated rings. The van der Waals surface area contributed by atoms with Crippen molar-refractivity contribution in [3.05, 3.63) is 0 Å². The number of esters is 1. The summed E-state index contributed by atoms with van der Waals surface area (Å²) in [5.74, 6) is -0.214. The Hall–Kier alpha value is -0.610. The number of methoxy groups -OCH3 is 1. The van der Waals surface area contributed by atoms with E-state index < -0.39 is 5.54 Å². The number of hydrogen-bond acceptors (Lipinski definition) is 4. The average molecular weight is 187 g/mol. The minimum atomic E-state index is -0.595. The fourth-order valence-corrected chi connectivity index (χ4v) is 1.68. The van der Waals surface area contributed by atoms with Crippen molar-refractivity contribution in [1.29, 1.82) is 0 Å². The monoisotopic (exact) mass is 187 g/mol. The van der Waals surface area contributed by atoms with Gasteiger partial charge in [-0.05, 0) is 6.42 Å². The third kappa shape index (κ3) is 2.19. The second-order valence-electron chi connectivity index (χ2n) is 3.30. The van der Waals surface area contributed by atoms with Gasteiger partial charge in [0, 0.05) is 6.54 Å². The lowest BCUT2D eigenvalue weighted by molar-refractivity contribution is -0.154. The van der Waals surface area contributed by atoms with Gasteiger partial charge in [0.1, 0.15) is 5.54 Å². The van der Waals surface area contributed by atoms with Crippen molar-refractivity contribution in [3.63, 3.8) is 0 Å². The molecule has 0 aromatic rings. The molecule has 0 spiro atoms. The Labute approximate surface area is 78.6 Å². The number of carbonyl (C=O) groups is 1. The molecule has 1 saturated heterocycles. The van der Waals surface area contributed by atoms with Gasteiger partial charge < -0.3 is 9.47 Å². The molecule has 1 N–H and O–H groups in total. The zero-order valence-electron chi connectivity index (χ0n) is 8.26. The summed E-state index contributed by atoms with van der Waals surface area (Å²) in [5, 5.41) is 3.18. The van der Waals surface area contributed by atoms with Gasteiger partial charge >= 0.3 is 5.97 Å². The summed E-state index contributed by atoms with van der Waals surface area (Å²) in [7, 11) is 1.41. The highest BCUT2D eigenvalue weighted by atomic mass is 16.5. The van der Waals surface area contributed by atoms with E-state index in [0.29, 0.717) is 13.2 Å². The molecule has 0 amide bonds. The zero-order valence-corrected chi connectivity index (χ0v) is 8.26. The highest BCUT2D eigenvalue weighted by Gasteiger charge is 2.40. The van der Waals surface area contributed by atoms with Gasteiger partial charge in [0.2, 0.25) is 0 Å². The summed E-state index contributed by atoms with van der Waals surface area (Å²) in [6.45, 7) is 3.85. The van der Waals surface area contributed by atoms with Gasteiger partial charge in [0.25, 0.3) is 0 Å². The molecule has 0 aromatic heterocycles. The summed E-state index contributed by atoms with van der Waals surface area (Å²) < 4.78 is 10.1. The highest BCUT2D eigenvalue weighted by molar-refractivity contribution is 5.81. The van der Waals surface area contributed by atoms with Crippen molar-refractivity contribution < 1.29 is 14.3 Å². The van der Waals surface area contributed by atoms with Crippen LogP contribution in [0.3, 0.4) is 0 Å². The standard InChI is InChI=1S/C9H17NO3/c1-3-4-9(8(11)12-2)7-13-6-5-10-9/h10H,3-7H2,1-2H3. The topological polar surface area (TPSA) is 47.6 Å². The molecule has 1 heterocycles. The molecule has 0 aromatic carbocycles. The summed E-state index contributed by atoms with van der Waals surface area (Å²) >= 11 is 0. The molecule has 13 heavy (non-hydrogen) atoms. The molecule has 1 unspecified atom stereocenters. The molecular weight excluding hydrogens is 170 g/mol. The van der Waals surface area contributed by atoms with Crippen LogP contribution < -0.4 is 5.32 Å². The van der Waals surface area contributed by atoms with Crippen molar-refractivity contribution in [1.82, 2.24) is 5.32 Å². The van der Waals surface area contributed by atoms with Crippen molar-refractivity contribution in [2.75, 3.05) is 26.9 Å². The van der Waals surface area contributed by atoms with Crippen molar-refractivity contribution in [2.45, 2.75) is 25.3 Å². The highest BCUT2D eigenvalue weighted by Crippen LogP contribution is 2.18. The number of nitrogens with one attached hydrogen (secondary N) is 1. The maximum Gasteiger partial charge on any atom is 0.328 e. The van der Waals surface area contributed by atoms with E-state index in [4.69, 9.17) is 9.47 Å². The Morgan fingerprint density at radius 2 is 2.46 bits per heavy atom. The third-order valence-electron chi connectivity index (χ3n) is 2.31. The van der Waals surface area contributed by atoms with Crippen LogP contribution in [0, 0.1) is 0 Å². The predicted octanol–water partition coefficient (Wildman–Crippen LogP) is 0.318. The van der Waals surface area contributed by atoms with E-state index in [1.807, 2.05) is 6.92 Å². The van der Waals surface area contributed by atoms with E-state index in [9.17, 15) is 4.79 Å². The molecule has 4 nitrogen and oxygen atoms in total. The van der Waals surface area contributed by atoms with Gasteiger partial charge in [-0.1, -0.05) is 13.3 Å². The lowest BCUT2D eigenvalue weighted by Crippen LogP contribution is -2.59. The second-order valence-corrected chi connectivity index (χ2v) is 3.30. The largest absolute Gasteiger partial charge is 0.468 e. The van der Waals surface area contributed by atoms with E-state index >= 15 is 0 Å². The predicted molar refractivity (Wildman–Crippen MR) is 48.5 cm³/mol. The first-order chi connectivity index (χ1) is 6.25. The van der Waals surface area contributed by atoms with Crippen LogP contribution in [0.15, 0.2) is 0 Å². The normalized spacial score (nSPS) is 28.5. The van der Waals surface area contributed by atoms with E-state index in [1.165, 1.54) is 7.11 Å². The maximum absolute atomic E-state index is 11.5. The van der Waals surface area contributed by atoms with Crippen LogP contribution in [0.2, 0.25) is 0 Å². The lowest BCUT2D eigenvalue weighted by atomic mass is 9.94. The molecular formula is C9H17NO3. The first-order valence-electron chi connectivity index (χ1n) is 4.66. The quantitative estimate of drug-likeness (QED) is 0.646. The van der Waals surface area contributed by atoms with Crippen LogP contribution in [0.25, 0.3) is 0 Å². The van der Waals surface area contributed by atoms with Crippen LogP contribution in [0.4, 0.5) is 0 Å². The number of morpholine rings is 1. The minimum absolute atomic E-state index is 0.214. The summed E-state index contributed by atoms with van der Waals surface area (Å²) in [6, 6.07) is 0. The summed E-state index contributed by atoms with van der Waals surface area (Å²) in [5.41, 5.74) is -0.595. The molecule has 0 bridgehead atoms. The van der Waals surface area contributed by atoms with E-state index in [-0.39, 0.29) is 5.97 Å². The minimum Gasteiger partial charge on any atom is -0.468 e. The number of rotatable bonds is 3. The molecule has 0 saturated carbocycles. The Morgan fingerprint density at radius 1 is 1.69 bits per heavy atom. The Balaban J connectivity index is 2.66. The average Bonchev–Trinajstić information content (AvgIpc) is 2.18. The number of hydrogen-bond donors (Lipinski definition) is 1. The molecule has 1 atom stereocenters. The summed E-state index contributed by atoms with van der Waals surface area (Å²) in [6.07, 6.45) is 1.70. The molecule has 0 aliphatic carbocycles. The Kier molecular flexibility index (Phi) is 3.69. The number of carbonyl (C=O) groups excluding carboxylic acids is 1. The van der Waals surface area contributed by atoms with Crippen molar-refractivity contribution in [3.8, 4) is 0 Å². The van der Waals surface area contributed by atoms with Gasteiger partial charge in [-0.15, -0.1) is 0 Å². The zero-order chi connectivity index (χ0) is 9.73. The first kappa shape index (κ1) is 10.5. The van der Waals surface area contributed by atoms with E-state index in [1.54, 1.807) is 0 Å². The Bertz CT molecular complexity index is 170. The fraction of sp³-hybridized carbons (Fsp3) is 0.889. The van der Waals surface area contributed by atoms with Gasteiger partial charge in [0.15, 0.2) is 0 Å².